The van der Waals surface area contributed by atoms with Crippen LogP contribution in [0.3, 0.4) is 0 Å². The zero-order chi connectivity index (χ0) is 18.8. The topological polar surface area (TPSA) is 91.4 Å². The van der Waals surface area contributed by atoms with Gasteiger partial charge in [0.1, 0.15) is 5.52 Å². The molecule has 0 spiro atoms. The van der Waals surface area contributed by atoms with E-state index < -0.39 is 0 Å². The lowest BCUT2D eigenvalue weighted by Crippen LogP contribution is -2.05. The van der Waals surface area contributed by atoms with E-state index in [2.05, 4.69) is 47.7 Å². The minimum absolute atomic E-state index is 0.485. The molecule has 7 heteroatoms. The molecule has 5 aromatic rings. The zero-order valence-electron chi connectivity index (χ0n) is 14.9. The summed E-state index contributed by atoms with van der Waals surface area (Å²) < 4.78 is 0. The van der Waals surface area contributed by atoms with Crippen molar-refractivity contribution in [2.24, 2.45) is 0 Å². The molecule has 28 heavy (non-hydrogen) atoms. The molecule has 3 N–H and O–H groups in total. The quantitative estimate of drug-likeness (QED) is 0.430. The van der Waals surface area contributed by atoms with Crippen LogP contribution in [-0.2, 0) is 6.54 Å². The van der Waals surface area contributed by atoms with Crippen molar-refractivity contribution in [1.29, 1.82) is 0 Å². The second kappa shape index (κ2) is 6.96. The summed E-state index contributed by atoms with van der Waals surface area (Å²) in [6.45, 7) is 0.660. The van der Waals surface area contributed by atoms with E-state index in [1.54, 1.807) is 12.5 Å². The van der Waals surface area contributed by atoms with Crippen molar-refractivity contribution < 1.29 is 0 Å². The highest BCUT2D eigenvalue weighted by molar-refractivity contribution is 5.85. The summed E-state index contributed by atoms with van der Waals surface area (Å²) >= 11 is 0. The third-order valence-electron chi connectivity index (χ3n) is 4.45. The van der Waals surface area contributed by atoms with Gasteiger partial charge in [0, 0.05) is 23.8 Å². The molecule has 7 nitrogen and oxygen atoms in total. The second-order valence-corrected chi connectivity index (χ2v) is 6.37. The first-order valence-corrected chi connectivity index (χ1v) is 8.96. The van der Waals surface area contributed by atoms with Crippen LogP contribution in [0.25, 0.3) is 22.1 Å². The lowest BCUT2D eigenvalue weighted by atomic mass is 10.2. The Morgan fingerprint density at radius 1 is 0.893 bits per heavy atom. The number of imidazole rings is 1. The van der Waals surface area contributed by atoms with Gasteiger partial charge in [-0.2, -0.15) is 9.97 Å². The molecule has 0 aliphatic heterocycles. The second-order valence-electron chi connectivity index (χ2n) is 6.37. The van der Waals surface area contributed by atoms with Crippen molar-refractivity contribution in [1.82, 2.24) is 24.9 Å². The van der Waals surface area contributed by atoms with Gasteiger partial charge in [0.25, 0.3) is 0 Å². The number of hydrogen-bond donors (Lipinski definition) is 3. The van der Waals surface area contributed by atoms with Gasteiger partial charge in [0.15, 0.2) is 11.5 Å². The van der Waals surface area contributed by atoms with Gasteiger partial charge in [-0.25, -0.2) is 4.98 Å². The van der Waals surface area contributed by atoms with Crippen molar-refractivity contribution in [3.63, 3.8) is 0 Å². The third kappa shape index (κ3) is 3.21. The minimum Gasteiger partial charge on any atom is -0.364 e. The van der Waals surface area contributed by atoms with E-state index in [1.807, 2.05) is 48.5 Å². The van der Waals surface area contributed by atoms with E-state index in [9.17, 15) is 0 Å². The van der Waals surface area contributed by atoms with Gasteiger partial charge in [-0.3, -0.25) is 4.98 Å². The van der Waals surface area contributed by atoms with Gasteiger partial charge in [-0.1, -0.05) is 36.4 Å². The Labute approximate surface area is 160 Å². The summed E-state index contributed by atoms with van der Waals surface area (Å²) in [6.07, 6.45) is 3.41. The number of hydrogen-bond acceptors (Lipinski definition) is 6. The lowest BCUT2D eigenvalue weighted by Gasteiger charge is -2.10. The number of aromatic nitrogens is 5. The fourth-order valence-corrected chi connectivity index (χ4v) is 3.08. The van der Waals surface area contributed by atoms with Crippen LogP contribution in [0, 0.1) is 0 Å². The van der Waals surface area contributed by atoms with Crippen LogP contribution in [0.5, 0.6) is 0 Å². The Morgan fingerprint density at radius 2 is 1.82 bits per heavy atom. The first-order valence-electron chi connectivity index (χ1n) is 8.96. The molecule has 0 aliphatic carbocycles. The van der Waals surface area contributed by atoms with E-state index in [-0.39, 0.29) is 0 Å². The number of H-pyrrole nitrogens is 1. The van der Waals surface area contributed by atoms with Crippen LogP contribution in [0.15, 0.2) is 73.2 Å². The maximum atomic E-state index is 4.64. The summed E-state index contributed by atoms with van der Waals surface area (Å²) in [5, 5.41) is 7.70. The molecule has 136 valence electrons. The molecule has 3 heterocycles. The molecule has 0 saturated heterocycles. The van der Waals surface area contributed by atoms with Crippen molar-refractivity contribution in [3.05, 3.63) is 78.8 Å². The van der Waals surface area contributed by atoms with Gasteiger partial charge >= 0.3 is 0 Å². The Balaban J connectivity index is 1.45. The molecule has 0 unspecified atom stereocenters. The fourth-order valence-electron chi connectivity index (χ4n) is 3.08. The lowest BCUT2D eigenvalue weighted by molar-refractivity contribution is 1.10. The van der Waals surface area contributed by atoms with Gasteiger partial charge < -0.3 is 15.6 Å². The smallest absolute Gasteiger partial charge is 0.231 e. The Hall–Kier alpha value is -4.00. The molecule has 5 rings (SSSR count). The molecule has 0 aliphatic rings. The van der Waals surface area contributed by atoms with Crippen LogP contribution in [-0.4, -0.2) is 24.9 Å². The zero-order valence-corrected chi connectivity index (χ0v) is 14.9. The van der Waals surface area contributed by atoms with Gasteiger partial charge in [-0.15, -0.1) is 0 Å². The number of nitrogens with zero attached hydrogens (tertiary/aromatic N) is 4. The van der Waals surface area contributed by atoms with Crippen molar-refractivity contribution in [2.45, 2.75) is 6.54 Å². The highest BCUT2D eigenvalue weighted by Crippen LogP contribution is 2.23. The minimum atomic E-state index is 0.485. The van der Waals surface area contributed by atoms with E-state index >= 15 is 0 Å². The van der Waals surface area contributed by atoms with Crippen LogP contribution in [0.2, 0.25) is 0 Å². The number of nitrogens with one attached hydrogen (secondary N) is 3. The summed E-state index contributed by atoms with van der Waals surface area (Å²) in [5.74, 6) is 1.19. The first kappa shape index (κ1) is 16.2. The fraction of sp³-hybridized carbons (Fsp3) is 0.0476. The summed E-state index contributed by atoms with van der Waals surface area (Å²) in [7, 11) is 0. The van der Waals surface area contributed by atoms with E-state index in [0.717, 1.165) is 22.1 Å². The maximum Gasteiger partial charge on any atom is 0.231 e. The van der Waals surface area contributed by atoms with E-state index in [0.29, 0.717) is 24.0 Å². The SMILES string of the molecule is c1ccc(CNc2nc(Nc3ccc4ncccc4c3)nc3nc[nH]c23)cc1. The molecule has 3 aromatic heterocycles. The summed E-state index contributed by atoms with van der Waals surface area (Å²) in [6, 6.07) is 20.1. The number of benzene rings is 2. The highest BCUT2D eigenvalue weighted by atomic mass is 15.2. The molecule has 0 fully saturated rings. The van der Waals surface area contributed by atoms with Crippen LogP contribution in [0.1, 0.15) is 5.56 Å². The van der Waals surface area contributed by atoms with Crippen LogP contribution >= 0.6 is 0 Å². The predicted molar refractivity (Wildman–Crippen MR) is 110 cm³/mol. The number of rotatable bonds is 5. The van der Waals surface area contributed by atoms with Gasteiger partial charge in [0.2, 0.25) is 5.95 Å². The molecule has 0 saturated carbocycles. The van der Waals surface area contributed by atoms with Crippen molar-refractivity contribution >= 4 is 39.5 Å². The number of pyridine rings is 1. The standard InChI is InChI=1S/C21H17N7/c1-2-5-14(6-3-1)12-23-19-18-20(25-13-24-18)28-21(27-19)26-16-8-9-17-15(11-16)7-4-10-22-17/h1-11,13H,12H2,(H3,23,24,25,26,27,28). The molecular formula is C21H17N7. The molecular weight excluding hydrogens is 350 g/mol. The summed E-state index contributed by atoms with van der Waals surface area (Å²) in [4.78, 5) is 20.9. The third-order valence-corrected chi connectivity index (χ3v) is 4.45. The largest absolute Gasteiger partial charge is 0.364 e. The average molecular weight is 367 g/mol. The monoisotopic (exact) mass is 367 g/mol. The molecule has 0 amide bonds. The highest BCUT2D eigenvalue weighted by Gasteiger charge is 2.10. The van der Waals surface area contributed by atoms with Gasteiger partial charge in [0.05, 0.1) is 11.8 Å². The normalized spacial score (nSPS) is 11.0. The maximum absolute atomic E-state index is 4.64. The molecule has 2 aromatic carbocycles. The Bertz CT molecular complexity index is 1250. The summed E-state index contributed by atoms with van der Waals surface area (Å²) in [5.41, 5.74) is 4.40. The Morgan fingerprint density at radius 3 is 2.75 bits per heavy atom. The number of fused-ring (bicyclic) bond motifs is 2. The predicted octanol–water partition coefficient (Wildman–Crippen LogP) is 4.26. The molecule has 0 radical (unpaired) electrons. The van der Waals surface area contributed by atoms with E-state index in [4.69, 9.17) is 0 Å². The molecule has 0 bridgehead atoms. The van der Waals surface area contributed by atoms with E-state index in [1.165, 1.54) is 5.56 Å². The van der Waals surface area contributed by atoms with Gasteiger partial charge in [-0.05, 0) is 29.8 Å². The Kier molecular flexibility index (Phi) is 4.02. The number of aromatic amines is 1. The number of anilines is 3. The van der Waals surface area contributed by atoms with Crippen molar-refractivity contribution in [2.75, 3.05) is 10.6 Å². The average Bonchev–Trinajstić information content (AvgIpc) is 3.21. The van der Waals surface area contributed by atoms with Crippen LogP contribution < -0.4 is 10.6 Å². The first-order chi connectivity index (χ1) is 13.8. The molecule has 0 atom stereocenters. The van der Waals surface area contributed by atoms with Crippen LogP contribution in [0.4, 0.5) is 17.5 Å². The van der Waals surface area contributed by atoms with Crippen molar-refractivity contribution in [3.8, 4) is 0 Å².